The van der Waals surface area contributed by atoms with Crippen LogP contribution in [-0.2, 0) is 4.79 Å². The van der Waals surface area contributed by atoms with Crippen molar-refractivity contribution >= 4 is 23.1 Å². The van der Waals surface area contributed by atoms with Crippen LogP contribution < -0.4 is 10.4 Å². The molecule has 1 aromatic carbocycles. The van der Waals surface area contributed by atoms with Crippen LogP contribution in [0.25, 0.3) is 11.2 Å². The van der Waals surface area contributed by atoms with Crippen molar-refractivity contribution in [1.29, 1.82) is 0 Å². The number of carbonyl (C=O) groups excluding carboxylic acids is 2. The molecule has 3 amide bonds. The minimum atomic E-state index is -4.73. The van der Waals surface area contributed by atoms with Crippen LogP contribution in [-0.4, -0.2) is 74.7 Å². The van der Waals surface area contributed by atoms with E-state index in [1.165, 1.54) is 23.2 Å². The first-order valence-corrected chi connectivity index (χ1v) is 12.9. The van der Waals surface area contributed by atoms with Crippen molar-refractivity contribution in [3.05, 3.63) is 53.7 Å². The average molecular weight is 566 g/mol. The van der Waals surface area contributed by atoms with Crippen LogP contribution in [0.4, 0.5) is 26.7 Å². The summed E-state index contributed by atoms with van der Waals surface area (Å²) in [5, 5.41) is 15.0. The van der Waals surface area contributed by atoms with E-state index in [9.17, 15) is 36.6 Å². The molecule has 1 unspecified atom stereocenters. The standard InChI is InChI=1S/C26H27F5N6O3/c27-18-4-1-3-17(21(18)28)15-6-7-19(23(38)36(13-15)14-26(29,30)31)33-24(39)35-11-8-16(9-12-35)37-20-5-2-10-32-22(20)34-25(37)40/h1-5,10,15-16,19H,6-9,11-14H2,(H,33,39)(H,32,34,40)/p-1/t15?,19-/m1/s1. The molecule has 2 aliphatic rings. The van der Waals surface area contributed by atoms with E-state index >= 15 is 0 Å². The zero-order valence-electron chi connectivity index (χ0n) is 21.2. The van der Waals surface area contributed by atoms with Crippen LogP contribution in [0.1, 0.15) is 43.2 Å². The molecule has 2 saturated heterocycles. The maximum absolute atomic E-state index is 14.5. The summed E-state index contributed by atoms with van der Waals surface area (Å²) in [6.45, 7) is -1.58. The average Bonchev–Trinajstić information content (AvgIpc) is 3.18. The van der Waals surface area contributed by atoms with Gasteiger partial charge in [0.2, 0.25) is 5.91 Å². The molecule has 214 valence electrons. The Morgan fingerprint density at radius 2 is 1.82 bits per heavy atom. The number of likely N-dealkylation sites (tertiary alicyclic amines) is 2. The molecule has 2 aliphatic heterocycles. The van der Waals surface area contributed by atoms with Crippen LogP contribution in [0.3, 0.4) is 0 Å². The number of alkyl halides is 3. The molecule has 0 radical (unpaired) electrons. The first kappa shape index (κ1) is 27.6. The molecular formula is C26H26F5N6O3-. The summed E-state index contributed by atoms with van der Waals surface area (Å²) in [6, 6.07) is 4.33. The van der Waals surface area contributed by atoms with E-state index in [1.807, 2.05) is 0 Å². The maximum atomic E-state index is 14.5. The largest absolute Gasteiger partial charge is 0.846 e. The van der Waals surface area contributed by atoms with Gasteiger partial charge in [0, 0.05) is 37.8 Å². The summed E-state index contributed by atoms with van der Waals surface area (Å²) in [4.78, 5) is 36.2. The fourth-order valence-electron chi connectivity index (χ4n) is 5.57. The smallest absolute Gasteiger partial charge is 0.406 e. The lowest BCUT2D eigenvalue weighted by Gasteiger charge is -2.35. The third-order valence-electron chi connectivity index (χ3n) is 7.49. The molecule has 2 fully saturated rings. The summed E-state index contributed by atoms with van der Waals surface area (Å²) in [5.74, 6) is -4.12. The predicted molar refractivity (Wildman–Crippen MR) is 130 cm³/mol. The lowest BCUT2D eigenvalue weighted by molar-refractivity contribution is -0.286. The van der Waals surface area contributed by atoms with Crippen molar-refractivity contribution in [2.45, 2.75) is 49.9 Å². The normalized spacial score (nSPS) is 21.1. The zero-order chi connectivity index (χ0) is 28.6. The molecule has 0 saturated carbocycles. The van der Waals surface area contributed by atoms with Gasteiger partial charge in [0.25, 0.3) is 0 Å². The van der Waals surface area contributed by atoms with Gasteiger partial charge in [-0.25, -0.2) is 23.5 Å². The number of nitrogens with zero attached hydrogens (tertiary/aromatic N) is 5. The highest BCUT2D eigenvalue weighted by atomic mass is 19.4. The predicted octanol–water partition coefficient (Wildman–Crippen LogP) is 3.47. The number of hydrogen-bond acceptors (Lipinski definition) is 5. The van der Waals surface area contributed by atoms with Crippen molar-refractivity contribution in [2.75, 3.05) is 26.2 Å². The van der Waals surface area contributed by atoms with Gasteiger partial charge in [-0.05, 0) is 49.4 Å². The molecule has 3 aromatic rings. The van der Waals surface area contributed by atoms with Crippen LogP contribution in [0.15, 0.2) is 36.5 Å². The van der Waals surface area contributed by atoms with Gasteiger partial charge < -0.3 is 24.8 Å². The Morgan fingerprint density at radius 1 is 1.07 bits per heavy atom. The van der Waals surface area contributed by atoms with Crippen LogP contribution in [0.2, 0.25) is 0 Å². The number of hydrogen-bond donors (Lipinski definition) is 1. The molecule has 5 rings (SSSR count). The molecular weight excluding hydrogens is 539 g/mol. The summed E-state index contributed by atoms with van der Waals surface area (Å²) >= 11 is 0. The van der Waals surface area contributed by atoms with E-state index in [1.54, 1.807) is 16.7 Å². The number of piperidine rings is 1. The summed E-state index contributed by atoms with van der Waals surface area (Å²) in [6.07, 6.45) is -2.35. The molecule has 9 nitrogen and oxygen atoms in total. The molecule has 0 spiro atoms. The van der Waals surface area contributed by atoms with Gasteiger partial charge >= 0.3 is 12.2 Å². The van der Waals surface area contributed by atoms with Crippen LogP contribution >= 0.6 is 0 Å². The quantitative estimate of drug-likeness (QED) is 0.488. The number of amides is 3. The molecule has 1 N–H and O–H groups in total. The van der Waals surface area contributed by atoms with Crippen LogP contribution in [0, 0.1) is 11.6 Å². The van der Waals surface area contributed by atoms with E-state index in [0.29, 0.717) is 28.9 Å². The molecule has 4 heterocycles. The third-order valence-corrected chi connectivity index (χ3v) is 7.49. The fraction of sp³-hybridized carbons (Fsp3) is 0.462. The van der Waals surface area contributed by atoms with Crippen molar-refractivity contribution in [3.8, 4) is 6.01 Å². The maximum Gasteiger partial charge on any atom is 0.406 e. The van der Waals surface area contributed by atoms with Gasteiger partial charge in [-0.3, -0.25) is 4.79 Å². The Kier molecular flexibility index (Phi) is 7.51. The molecule has 40 heavy (non-hydrogen) atoms. The highest BCUT2D eigenvalue weighted by Gasteiger charge is 2.40. The van der Waals surface area contributed by atoms with E-state index in [2.05, 4.69) is 15.3 Å². The molecule has 14 heteroatoms. The van der Waals surface area contributed by atoms with E-state index < -0.39 is 60.8 Å². The Balaban J connectivity index is 1.27. The number of rotatable bonds is 4. The Hall–Kier alpha value is -3.97. The van der Waals surface area contributed by atoms with E-state index in [0.717, 1.165) is 6.07 Å². The van der Waals surface area contributed by atoms with Crippen molar-refractivity contribution in [1.82, 2.24) is 29.7 Å². The number of nitrogens with one attached hydrogen (secondary N) is 1. The van der Waals surface area contributed by atoms with E-state index in [-0.39, 0.29) is 37.5 Å². The summed E-state index contributed by atoms with van der Waals surface area (Å²) < 4.78 is 69.8. The van der Waals surface area contributed by atoms with Gasteiger partial charge in [0.1, 0.15) is 12.6 Å². The second-order valence-electron chi connectivity index (χ2n) is 10.1. The molecule has 2 atom stereocenters. The lowest BCUT2D eigenvalue weighted by atomic mass is 9.93. The van der Waals surface area contributed by atoms with Crippen molar-refractivity contribution < 1.29 is 36.6 Å². The summed E-state index contributed by atoms with van der Waals surface area (Å²) in [7, 11) is 0. The number of urea groups is 1. The third kappa shape index (κ3) is 5.65. The highest BCUT2D eigenvalue weighted by molar-refractivity contribution is 5.87. The molecule has 2 aromatic heterocycles. The van der Waals surface area contributed by atoms with Crippen molar-refractivity contribution in [2.24, 2.45) is 0 Å². The van der Waals surface area contributed by atoms with Gasteiger partial charge in [0.15, 0.2) is 17.3 Å². The topological polar surface area (TPSA) is 106 Å². The minimum Gasteiger partial charge on any atom is -0.846 e. The fourth-order valence-corrected chi connectivity index (χ4v) is 5.57. The van der Waals surface area contributed by atoms with Crippen molar-refractivity contribution in [3.63, 3.8) is 0 Å². The number of imidazole rings is 1. The van der Waals surface area contributed by atoms with Crippen LogP contribution in [0.5, 0.6) is 6.01 Å². The van der Waals surface area contributed by atoms with Gasteiger partial charge in [-0.15, -0.1) is 0 Å². The molecule has 0 bridgehead atoms. The number of halogens is 5. The number of pyridine rings is 1. The SMILES string of the molecule is O=C(N[C@@H]1CCC(c2cccc(F)c2F)CN(CC(F)(F)F)C1=O)N1CCC(n2c([O-])nc3ncccc32)CC1. The second kappa shape index (κ2) is 10.9. The minimum absolute atomic E-state index is 0.0520. The second-order valence-corrected chi connectivity index (χ2v) is 10.1. The van der Waals surface area contributed by atoms with E-state index in [4.69, 9.17) is 0 Å². The lowest BCUT2D eigenvalue weighted by Crippen LogP contribution is -2.54. The first-order valence-electron chi connectivity index (χ1n) is 12.9. The van der Waals surface area contributed by atoms with Gasteiger partial charge in [-0.2, -0.15) is 13.2 Å². The summed E-state index contributed by atoms with van der Waals surface area (Å²) in [5.41, 5.74) is 0.807. The highest BCUT2D eigenvalue weighted by Crippen LogP contribution is 2.33. The van der Waals surface area contributed by atoms with Gasteiger partial charge in [0.05, 0.1) is 11.5 Å². The Labute approximate surface area is 225 Å². The monoisotopic (exact) mass is 565 g/mol. The van der Waals surface area contributed by atoms with Gasteiger partial charge in [-0.1, -0.05) is 12.1 Å². The zero-order valence-corrected chi connectivity index (χ0v) is 21.2. The number of fused-ring (bicyclic) bond motifs is 1. The molecule has 0 aliphatic carbocycles. The Bertz CT molecular complexity index is 1410. The number of benzene rings is 1. The number of aromatic nitrogens is 3. The first-order chi connectivity index (χ1) is 19.0. The number of carbonyl (C=O) groups is 2. The Morgan fingerprint density at radius 3 is 2.55 bits per heavy atom.